The highest BCUT2D eigenvalue weighted by atomic mass is 19.1. The molecule has 32 heavy (non-hydrogen) atoms. The molecule has 1 N–H and O–H groups in total. The Morgan fingerprint density at radius 1 is 1.00 bits per heavy atom. The highest BCUT2D eigenvalue weighted by molar-refractivity contribution is 5.86. The average Bonchev–Trinajstić information content (AvgIpc) is 2.82. The van der Waals surface area contributed by atoms with E-state index < -0.39 is 0 Å². The van der Waals surface area contributed by atoms with E-state index in [1.165, 1.54) is 12.1 Å². The van der Waals surface area contributed by atoms with Gasteiger partial charge in [-0.15, -0.1) is 0 Å². The van der Waals surface area contributed by atoms with Crippen LogP contribution in [0.2, 0.25) is 0 Å². The van der Waals surface area contributed by atoms with Crippen LogP contribution < -0.4 is 4.74 Å². The summed E-state index contributed by atoms with van der Waals surface area (Å²) in [5.74, 6) is -0.0290. The maximum atomic E-state index is 14.8. The number of ether oxygens (including phenoxy) is 2. The lowest BCUT2D eigenvalue weighted by molar-refractivity contribution is -0.143. The zero-order chi connectivity index (χ0) is 22.9. The Morgan fingerprint density at radius 3 is 2.28 bits per heavy atom. The molecular weight excluding hydrogens is 405 g/mol. The van der Waals surface area contributed by atoms with Crippen LogP contribution in [0.3, 0.4) is 0 Å². The number of carbonyl (C=O) groups excluding carboxylic acids is 1. The number of halogens is 1. The third kappa shape index (κ3) is 6.14. The summed E-state index contributed by atoms with van der Waals surface area (Å²) in [6.45, 7) is 5.68. The molecule has 164 valence electrons. The number of benzene rings is 3. The minimum Gasteiger partial charge on any atom is -0.466 e. The molecule has 0 fully saturated rings. The third-order valence-electron chi connectivity index (χ3n) is 5.00. The van der Waals surface area contributed by atoms with Gasteiger partial charge in [0.1, 0.15) is 11.6 Å². The Bertz CT molecular complexity index is 1090. The van der Waals surface area contributed by atoms with Crippen LogP contribution in [0.4, 0.5) is 4.39 Å². The summed E-state index contributed by atoms with van der Waals surface area (Å²) in [7, 11) is 0. The van der Waals surface area contributed by atoms with Gasteiger partial charge < -0.3 is 9.47 Å². The second kappa shape index (κ2) is 11.0. The van der Waals surface area contributed by atoms with E-state index in [1.807, 2.05) is 30.3 Å². The van der Waals surface area contributed by atoms with Crippen molar-refractivity contribution in [3.8, 4) is 28.0 Å². The highest BCUT2D eigenvalue weighted by Gasteiger charge is 2.09. The van der Waals surface area contributed by atoms with Crippen molar-refractivity contribution < 1.29 is 18.7 Å². The quantitative estimate of drug-likeness (QED) is 0.180. The van der Waals surface area contributed by atoms with Gasteiger partial charge in [0.05, 0.1) is 6.61 Å². The molecule has 0 radical (unpaired) electrons. The summed E-state index contributed by atoms with van der Waals surface area (Å²) in [6, 6.07) is 20.1. The molecular formula is C27H26FNO3. The molecule has 0 saturated heterocycles. The average molecular weight is 432 g/mol. The Balaban J connectivity index is 1.65. The summed E-state index contributed by atoms with van der Waals surface area (Å²) < 4.78 is 25.2. The molecule has 0 amide bonds. The maximum absolute atomic E-state index is 14.8. The first-order valence-electron chi connectivity index (χ1n) is 10.5. The number of rotatable bonds is 9. The fraction of sp³-hybridized carbons (Fsp3) is 0.185. The number of hydrogen-bond donors (Lipinski definition) is 1. The van der Waals surface area contributed by atoms with Crippen LogP contribution in [-0.2, 0) is 16.0 Å². The summed E-state index contributed by atoms with van der Waals surface area (Å²) in [6.07, 6.45) is 3.29. The van der Waals surface area contributed by atoms with Gasteiger partial charge in [-0.2, -0.15) is 0 Å². The van der Waals surface area contributed by atoms with E-state index in [0.717, 1.165) is 35.1 Å². The van der Waals surface area contributed by atoms with Gasteiger partial charge in [0.25, 0.3) is 0 Å². The smallest absolute Gasteiger partial charge is 0.305 e. The van der Waals surface area contributed by atoms with E-state index in [9.17, 15) is 9.18 Å². The van der Waals surface area contributed by atoms with Gasteiger partial charge in [0.2, 0.25) is 5.90 Å². The highest BCUT2D eigenvalue weighted by Crippen LogP contribution is 2.29. The topological polar surface area (TPSA) is 59.4 Å². The summed E-state index contributed by atoms with van der Waals surface area (Å²) in [5.41, 5.74) is 4.10. The van der Waals surface area contributed by atoms with Gasteiger partial charge in [-0.3, -0.25) is 10.2 Å². The van der Waals surface area contributed by atoms with Gasteiger partial charge in [0.15, 0.2) is 0 Å². The Labute approximate surface area is 187 Å². The van der Waals surface area contributed by atoms with Crippen molar-refractivity contribution in [2.75, 3.05) is 6.61 Å². The molecule has 0 spiro atoms. The number of esters is 1. The summed E-state index contributed by atoms with van der Waals surface area (Å²) >= 11 is 0. The fourth-order valence-electron chi connectivity index (χ4n) is 3.23. The SMILES string of the molecule is C=CC(=N)Oc1ccc(-c2ccc(-c3ccc(CCCOC(=O)CC)cc3)cc2F)cc1. The van der Waals surface area contributed by atoms with Gasteiger partial charge in [0, 0.05) is 12.0 Å². The number of carbonyl (C=O) groups is 1. The van der Waals surface area contributed by atoms with Crippen LogP contribution >= 0.6 is 0 Å². The van der Waals surface area contributed by atoms with Crippen molar-refractivity contribution >= 4 is 11.9 Å². The molecule has 0 saturated carbocycles. The second-order valence-electron chi connectivity index (χ2n) is 7.26. The molecule has 4 nitrogen and oxygen atoms in total. The minimum atomic E-state index is -0.309. The molecule has 3 aromatic carbocycles. The molecule has 0 aliphatic heterocycles. The zero-order valence-electron chi connectivity index (χ0n) is 18.1. The van der Waals surface area contributed by atoms with Crippen LogP contribution in [0.1, 0.15) is 25.3 Å². The second-order valence-corrected chi connectivity index (χ2v) is 7.26. The standard InChI is InChI=1S/C27H26FNO3/c1-3-26(29)32-23-14-11-21(12-15-23)24-16-13-22(18-25(24)28)20-9-7-19(8-10-20)6-5-17-31-27(30)4-2/h3,7-16,18,29H,1,4-6,17H2,2H3. The van der Waals surface area contributed by atoms with Crippen LogP contribution in [0.5, 0.6) is 5.75 Å². The van der Waals surface area contributed by atoms with Gasteiger partial charge in [-0.1, -0.05) is 62.0 Å². The Morgan fingerprint density at radius 2 is 1.66 bits per heavy atom. The lowest BCUT2D eigenvalue weighted by Gasteiger charge is -2.09. The van der Waals surface area contributed by atoms with E-state index in [-0.39, 0.29) is 17.7 Å². The molecule has 0 unspecified atom stereocenters. The van der Waals surface area contributed by atoms with Gasteiger partial charge in [-0.25, -0.2) is 4.39 Å². The summed E-state index contributed by atoms with van der Waals surface area (Å²) in [4.78, 5) is 11.2. The molecule has 0 bridgehead atoms. The molecule has 0 aliphatic rings. The lowest BCUT2D eigenvalue weighted by atomic mass is 9.98. The molecule has 0 aromatic heterocycles. The van der Waals surface area contributed by atoms with Crippen LogP contribution in [0.25, 0.3) is 22.3 Å². The van der Waals surface area contributed by atoms with Crippen molar-refractivity contribution in [1.82, 2.24) is 0 Å². The van der Waals surface area contributed by atoms with Crippen LogP contribution in [-0.4, -0.2) is 18.5 Å². The molecule has 0 heterocycles. The maximum Gasteiger partial charge on any atom is 0.305 e. The molecule has 3 aromatic rings. The zero-order valence-corrected chi connectivity index (χ0v) is 18.1. The van der Waals surface area contributed by atoms with E-state index in [4.69, 9.17) is 14.9 Å². The normalized spacial score (nSPS) is 10.4. The molecule has 3 rings (SSSR count). The van der Waals surface area contributed by atoms with Gasteiger partial charge in [-0.05, 0) is 59.4 Å². The van der Waals surface area contributed by atoms with Crippen molar-refractivity contribution in [2.45, 2.75) is 26.2 Å². The van der Waals surface area contributed by atoms with Crippen molar-refractivity contribution in [3.05, 3.63) is 90.8 Å². The molecule has 5 heteroatoms. The van der Waals surface area contributed by atoms with E-state index >= 15 is 0 Å². The number of nitrogens with one attached hydrogen (secondary N) is 1. The Kier molecular flexibility index (Phi) is 7.92. The monoisotopic (exact) mass is 431 g/mol. The molecule has 0 aliphatic carbocycles. The first kappa shape index (κ1) is 22.9. The van der Waals surface area contributed by atoms with Crippen molar-refractivity contribution in [1.29, 1.82) is 5.41 Å². The predicted octanol–water partition coefficient (Wildman–Crippen LogP) is 6.59. The van der Waals surface area contributed by atoms with Crippen LogP contribution in [0.15, 0.2) is 79.4 Å². The van der Waals surface area contributed by atoms with Crippen molar-refractivity contribution in [3.63, 3.8) is 0 Å². The molecule has 0 atom stereocenters. The first-order chi connectivity index (χ1) is 15.5. The van der Waals surface area contributed by atoms with E-state index in [2.05, 4.69) is 6.58 Å². The van der Waals surface area contributed by atoms with Crippen LogP contribution in [0, 0.1) is 11.2 Å². The van der Waals surface area contributed by atoms with Crippen molar-refractivity contribution in [2.24, 2.45) is 0 Å². The fourth-order valence-corrected chi connectivity index (χ4v) is 3.23. The summed E-state index contributed by atoms with van der Waals surface area (Å²) in [5, 5.41) is 7.49. The number of aryl methyl sites for hydroxylation is 1. The van der Waals surface area contributed by atoms with E-state index in [0.29, 0.717) is 24.3 Å². The predicted molar refractivity (Wildman–Crippen MR) is 125 cm³/mol. The van der Waals surface area contributed by atoms with E-state index in [1.54, 1.807) is 37.3 Å². The third-order valence-corrected chi connectivity index (χ3v) is 5.00. The lowest BCUT2D eigenvalue weighted by Crippen LogP contribution is -2.04. The first-order valence-corrected chi connectivity index (χ1v) is 10.5. The largest absolute Gasteiger partial charge is 0.466 e. The minimum absolute atomic E-state index is 0.0424. The number of hydrogen-bond acceptors (Lipinski definition) is 4. The Hall–Kier alpha value is -3.73. The van der Waals surface area contributed by atoms with Gasteiger partial charge >= 0.3 is 5.97 Å².